The summed E-state index contributed by atoms with van der Waals surface area (Å²) in [4.78, 5) is 15.2. The third kappa shape index (κ3) is 5.01. The molecule has 6 heteroatoms. The van der Waals surface area contributed by atoms with E-state index in [1.807, 2.05) is 20.8 Å². The predicted octanol–water partition coefficient (Wildman–Crippen LogP) is 2.52. The van der Waals surface area contributed by atoms with Crippen LogP contribution < -0.4 is 0 Å². The highest BCUT2D eigenvalue weighted by molar-refractivity contribution is 5.81. The lowest BCUT2D eigenvalue weighted by atomic mass is 9.93. The number of likely N-dealkylation sites (tertiary alicyclic amines) is 1. The number of alkyl halides is 3. The molecule has 0 radical (unpaired) electrons. The van der Waals surface area contributed by atoms with Gasteiger partial charge in [0, 0.05) is 31.6 Å². The third-order valence-electron chi connectivity index (χ3n) is 3.47. The fraction of sp³-hybridized carbons (Fsp3) is 0.923. The van der Waals surface area contributed by atoms with Crippen LogP contribution in [0.15, 0.2) is 0 Å². The molecular weight excluding hydrogens is 257 g/mol. The number of hydrogen-bond acceptors (Lipinski definition) is 2. The molecule has 1 fully saturated rings. The maximum Gasteiger partial charge on any atom is 0.401 e. The Bertz CT molecular complexity index is 315. The first-order valence-corrected chi connectivity index (χ1v) is 6.57. The van der Waals surface area contributed by atoms with E-state index in [-0.39, 0.29) is 11.9 Å². The lowest BCUT2D eigenvalue weighted by molar-refractivity contribution is -0.152. The van der Waals surface area contributed by atoms with Crippen molar-refractivity contribution in [1.82, 2.24) is 9.80 Å². The smallest absolute Gasteiger partial charge is 0.342 e. The Balaban J connectivity index is 2.48. The van der Waals surface area contributed by atoms with Crippen molar-refractivity contribution in [2.45, 2.75) is 45.8 Å². The van der Waals surface area contributed by atoms with Gasteiger partial charge in [-0.05, 0) is 12.8 Å². The number of carbonyl (C=O) groups excluding carboxylic acids is 1. The van der Waals surface area contributed by atoms with E-state index in [9.17, 15) is 18.0 Å². The zero-order chi connectivity index (χ0) is 14.8. The number of hydrogen-bond donors (Lipinski definition) is 0. The van der Waals surface area contributed by atoms with Crippen molar-refractivity contribution in [2.75, 3.05) is 26.7 Å². The number of piperidine rings is 1. The first-order valence-electron chi connectivity index (χ1n) is 6.57. The maximum absolute atomic E-state index is 12.3. The van der Waals surface area contributed by atoms with Gasteiger partial charge in [-0.15, -0.1) is 0 Å². The van der Waals surface area contributed by atoms with Crippen LogP contribution >= 0.6 is 0 Å². The van der Waals surface area contributed by atoms with Gasteiger partial charge in [0.05, 0.1) is 6.54 Å². The first-order chi connectivity index (χ1) is 8.50. The molecule has 1 aliphatic rings. The summed E-state index contributed by atoms with van der Waals surface area (Å²) in [6.07, 6.45) is -2.93. The summed E-state index contributed by atoms with van der Waals surface area (Å²) < 4.78 is 36.8. The van der Waals surface area contributed by atoms with Crippen molar-refractivity contribution in [1.29, 1.82) is 0 Å². The topological polar surface area (TPSA) is 23.6 Å². The van der Waals surface area contributed by atoms with Gasteiger partial charge in [0.2, 0.25) is 5.91 Å². The highest BCUT2D eigenvalue weighted by Gasteiger charge is 2.35. The average Bonchev–Trinajstić information content (AvgIpc) is 2.24. The van der Waals surface area contributed by atoms with Crippen molar-refractivity contribution >= 4 is 5.91 Å². The predicted molar refractivity (Wildman–Crippen MR) is 67.7 cm³/mol. The minimum Gasteiger partial charge on any atom is -0.342 e. The molecule has 112 valence electrons. The quantitative estimate of drug-likeness (QED) is 0.776. The van der Waals surface area contributed by atoms with Crippen molar-refractivity contribution < 1.29 is 18.0 Å². The zero-order valence-electron chi connectivity index (χ0n) is 12.0. The zero-order valence-corrected chi connectivity index (χ0v) is 12.0. The van der Waals surface area contributed by atoms with E-state index in [0.717, 1.165) is 0 Å². The maximum atomic E-state index is 12.3. The van der Waals surface area contributed by atoms with E-state index >= 15 is 0 Å². The standard InChI is InChI=1S/C13H23F3N2O/c1-12(2,3)11(19)17(4)10-5-7-18(8-6-10)9-13(14,15)16/h10H,5-9H2,1-4H3. The number of rotatable bonds is 2. The van der Waals surface area contributed by atoms with Crippen LogP contribution in [0.25, 0.3) is 0 Å². The number of halogens is 3. The molecule has 0 aromatic heterocycles. The lowest BCUT2D eigenvalue weighted by Crippen LogP contribution is -2.49. The van der Waals surface area contributed by atoms with Crippen LogP contribution in [0.2, 0.25) is 0 Å². The first kappa shape index (κ1) is 16.3. The van der Waals surface area contributed by atoms with Gasteiger partial charge < -0.3 is 4.90 Å². The van der Waals surface area contributed by atoms with Gasteiger partial charge in [-0.2, -0.15) is 13.2 Å². The molecule has 1 saturated heterocycles. The van der Waals surface area contributed by atoms with Crippen LogP contribution in [-0.4, -0.2) is 54.6 Å². The number of amides is 1. The summed E-state index contributed by atoms with van der Waals surface area (Å²) in [5.41, 5.74) is -0.447. The molecule has 0 aromatic carbocycles. The fourth-order valence-corrected chi connectivity index (χ4v) is 2.41. The molecule has 0 atom stereocenters. The summed E-state index contributed by atoms with van der Waals surface area (Å²) in [6, 6.07) is 0.0520. The molecule has 1 aliphatic heterocycles. The molecule has 1 heterocycles. The van der Waals surface area contributed by atoms with Gasteiger partial charge >= 0.3 is 6.18 Å². The molecule has 0 N–H and O–H groups in total. The van der Waals surface area contributed by atoms with Gasteiger partial charge in [0.1, 0.15) is 0 Å². The van der Waals surface area contributed by atoms with Crippen LogP contribution in [0.4, 0.5) is 13.2 Å². The van der Waals surface area contributed by atoms with Gasteiger partial charge in [0.25, 0.3) is 0 Å². The Hall–Kier alpha value is -0.780. The summed E-state index contributed by atoms with van der Waals surface area (Å²) in [7, 11) is 1.75. The molecule has 0 aromatic rings. The molecular formula is C13H23F3N2O. The lowest BCUT2D eigenvalue weighted by Gasteiger charge is -2.39. The fourth-order valence-electron chi connectivity index (χ4n) is 2.41. The van der Waals surface area contributed by atoms with E-state index in [2.05, 4.69) is 0 Å². The van der Waals surface area contributed by atoms with Crippen molar-refractivity contribution in [3.05, 3.63) is 0 Å². The molecule has 0 aliphatic carbocycles. The summed E-state index contributed by atoms with van der Waals surface area (Å²) in [6.45, 7) is 5.49. The minimum atomic E-state index is -4.14. The Morgan fingerprint density at radius 2 is 1.68 bits per heavy atom. The summed E-state index contributed by atoms with van der Waals surface area (Å²) in [5.74, 6) is 0.0433. The third-order valence-corrected chi connectivity index (χ3v) is 3.47. The van der Waals surface area contributed by atoms with Gasteiger partial charge in [0.15, 0.2) is 0 Å². The van der Waals surface area contributed by atoms with Crippen molar-refractivity contribution in [3.63, 3.8) is 0 Å². The molecule has 19 heavy (non-hydrogen) atoms. The van der Waals surface area contributed by atoms with Crippen molar-refractivity contribution in [3.8, 4) is 0 Å². The van der Waals surface area contributed by atoms with Gasteiger partial charge in [-0.25, -0.2) is 0 Å². The van der Waals surface area contributed by atoms with E-state index in [1.165, 1.54) is 4.90 Å². The van der Waals surface area contributed by atoms with Gasteiger partial charge in [-0.3, -0.25) is 9.69 Å². The average molecular weight is 280 g/mol. The molecule has 0 unspecified atom stereocenters. The van der Waals surface area contributed by atoms with E-state index in [4.69, 9.17) is 0 Å². The van der Waals surface area contributed by atoms with Crippen LogP contribution in [0.5, 0.6) is 0 Å². The second-order valence-corrected chi connectivity index (χ2v) is 6.29. The van der Waals surface area contributed by atoms with Crippen LogP contribution in [0.1, 0.15) is 33.6 Å². The Morgan fingerprint density at radius 3 is 2.05 bits per heavy atom. The Kier molecular flexibility index (Phi) is 4.87. The Labute approximate surface area is 112 Å². The highest BCUT2D eigenvalue weighted by Crippen LogP contribution is 2.24. The van der Waals surface area contributed by atoms with Crippen LogP contribution in [0.3, 0.4) is 0 Å². The largest absolute Gasteiger partial charge is 0.401 e. The molecule has 1 amide bonds. The van der Waals surface area contributed by atoms with E-state index < -0.39 is 18.1 Å². The van der Waals surface area contributed by atoms with Crippen molar-refractivity contribution in [2.24, 2.45) is 5.41 Å². The second kappa shape index (κ2) is 5.69. The molecule has 0 bridgehead atoms. The van der Waals surface area contributed by atoms with Crippen LogP contribution in [-0.2, 0) is 4.79 Å². The van der Waals surface area contributed by atoms with Gasteiger partial charge in [-0.1, -0.05) is 20.8 Å². The van der Waals surface area contributed by atoms with E-state index in [0.29, 0.717) is 25.9 Å². The molecule has 0 saturated carbocycles. The SMILES string of the molecule is CN(C(=O)C(C)(C)C)C1CCN(CC(F)(F)F)CC1. The Morgan fingerprint density at radius 1 is 1.21 bits per heavy atom. The highest BCUT2D eigenvalue weighted by atomic mass is 19.4. The second-order valence-electron chi connectivity index (χ2n) is 6.29. The minimum absolute atomic E-state index is 0.0433. The molecule has 1 rings (SSSR count). The summed E-state index contributed by atoms with van der Waals surface area (Å²) in [5, 5.41) is 0. The molecule has 3 nitrogen and oxygen atoms in total. The molecule has 0 spiro atoms. The normalized spacial score (nSPS) is 19.5. The summed E-state index contributed by atoms with van der Waals surface area (Å²) >= 11 is 0. The number of carbonyl (C=O) groups is 1. The number of nitrogens with zero attached hydrogens (tertiary/aromatic N) is 2. The monoisotopic (exact) mass is 280 g/mol. The van der Waals surface area contributed by atoms with Crippen LogP contribution in [0, 0.1) is 5.41 Å². The van der Waals surface area contributed by atoms with E-state index in [1.54, 1.807) is 11.9 Å².